The molecule has 35 heteroatoms. The second-order valence-corrected chi connectivity index (χ2v) is 26.4. The normalized spacial score (nSPS) is 24.4. The first kappa shape index (κ1) is 73.9. The molecule has 0 spiro atoms. The zero-order valence-electron chi connectivity index (χ0n) is 54.1. The summed E-state index contributed by atoms with van der Waals surface area (Å²) in [4.78, 5) is 107. The van der Waals surface area contributed by atoms with Gasteiger partial charge in [0.05, 0.1) is 67.3 Å². The molecule has 7 amide bonds. The number of β-amino-alcohol motifs (C(OH)–C–C–N with tert-alkyl or cyclic N) is 1. The van der Waals surface area contributed by atoms with Gasteiger partial charge >= 0.3 is 0 Å². The molecule has 13 atom stereocenters. The van der Waals surface area contributed by atoms with E-state index in [2.05, 4.69) is 62.6 Å². The lowest BCUT2D eigenvalue weighted by Crippen LogP contribution is -2.64. The predicted octanol–water partition coefficient (Wildman–Crippen LogP) is -2.03. The highest BCUT2D eigenvalue weighted by Crippen LogP contribution is 2.35. The number of aromatic hydroxyl groups is 1. The Labute approximate surface area is 580 Å². The average Bonchev–Trinajstić information content (AvgIpc) is 1.60. The fraction of sp³-hybridized carbons (Fsp3) is 0.446. The van der Waals surface area contributed by atoms with Crippen LogP contribution in [0.4, 0.5) is 5.69 Å². The van der Waals surface area contributed by atoms with Gasteiger partial charge in [-0.2, -0.15) is 5.10 Å². The summed E-state index contributed by atoms with van der Waals surface area (Å²) in [7, 11) is 0. The highest BCUT2D eigenvalue weighted by molar-refractivity contribution is 7.90. The van der Waals surface area contributed by atoms with Crippen LogP contribution < -0.4 is 41.0 Å². The van der Waals surface area contributed by atoms with Gasteiger partial charge in [0, 0.05) is 98.5 Å². The lowest BCUT2D eigenvalue weighted by molar-refractivity contribution is -0.433. The molecular weight excluding hydrogens is 1350 g/mol. The van der Waals surface area contributed by atoms with Gasteiger partial charge in [0.25, 0.3) is 18.2 Å². The molecule has 0 aliphatic carbocycles. The van der Waals surface area contributed by atoms with Crippen LogP contribution in [0.3, 0.4) is 0 Å². The number of carbonyl (C=O) groups is 7. The van der Waals surface area contributed by atoms with Gasteiger partial charge in [0.1, 0.15) is 46.3 Å². The molecule has 4 aromatic carbocycles. The maximum atomic E-state index is 15.0. The number of carbonyl (C=O) groups excluding carboxylic acids is 7. The van der Waals surface area contributed by atoms with Crippen molar-refractivity contribution in [1.29, 1.82) is 0 Å². The van der Waals surface area contributed by atoms with E-state index in [1.807, 2.05) is 59.3 Å². The van der Waals surface area contributed by atoms with Crippen molar-refractivity contribution in [1.82, 2.24) is 61.7 Å². The fourth-order valence-electron chi connectivity index (χ4n) is 12.4. The Morgan fingerprint density at radius 1 is 0.760 bits per heavy atom. The number of aliphatic hydroxyl groups excluding tert-OH is 8. The summed E-state index contributed by atoms with van der Waals surface area (Å²) >= 11 is 1.37. The summed E-state index contributed by atoms with van der Waals surface area (Å²) in [5.41, 5.74) is 5.74. The number of phenols is 1. The van der Waals surface area contributed by atoms with Crippen molar-refractivity contribution in [2.45, 2.75) is 131 Å². The molecule has 0 unspecified atom stereocenters. The lowest BCUT2D eigenvalue weighted by Gasteiger charge is -2.34. The summed E-state index contributed by atoms with van der Waals surface area (Å²) < 4.78 is 11.3. The van der Waals surface area contributed by atoms with Crippen LogP contribution in [0.15, 0.2) is 103 Å². The van der Waals surface area contributed by atoms with Gasteiger partial charge in [0.15, 0.2) is 11.5 Å². The molecule has 536 valence electrons. The molecule has 0 saturated carbocycles. The molecular formula is C65H79N13O20S2. The van der Waals surface area contributed by atoms with E-state index in [1.165, 1.54) is 36.5 Å². The maximum absolute atomic E-state index is 15.0. The van der Waals surface area contributed by atoms with Gasteiger partial charge in [-0.1, -0.05) is 64.0 Å². The number of hydrogen-bond donors (Lipinski definition) is 16. The number of para-hydroxylation sites is 1. The van der Waals surface area contributed by atoms with E-state index in [-0.39, 0.29) is 42.3 Å². The number of fused-ring (bicyclic) bond motifs is 3. The first-order valence-corrected chi connectivity index (χ1v) is 33.7. The van der Waals surface area contributed by atoms with Crippen molar-refractivity contribution in [2.75, 3.05) is 50.8 Å². The smallest absolute Gasteiger partial charge is 0.261 e. The quantitative estimate of drug-likeness (QED) is 0.0160. The van der Waals surface area contributed by atoms with Crippen LogP contribution in [0.1, 0.15) is 60.3 Å². The Kier molecular flexibility index (Phi) is 24.8. The van der Waals surface area contributed by atoms with E-state index >= 15 is 4.79 Å². The standard InChI is InChI=1S/C65H79N13O20S2/c1-33-27-77-55(56(33)87)61(92)67-26-43(82)24-46(68-57(88)36-9-11-37(12-10-36)62-72-73-63(99-62)38-13-15-41(16-14-38)75-21-19-45-39(28-75)29-78(74-45)42-6-4-3-5-7-42)58(89)69-52(34(2)81)64(93)76-30-44(83)25-47(76)59(90)70-53(50(86)22-35-8-17-48(84)51(23-35)96-100-98-97-95)60(91)71-54(65(77)94)49(85)18-20-66-40(31-79)32-80/h3-17,23,29,33-34,40,43-44,46-47,49-50,52-56,66,79-87,95H,18-22,24-28,30-32H2,1-2H3,(H,67,92)(H,68,88)(H,69,89)(H,70,90)(H,71,91)/t33-,34+,43+,44+,46-,47-,49+,50+,52-,53-,54-,55-,56-/m0/s1. The number of nitrogens with one attached hydrogen (secondary N) is 6. The van der Waals surface area contributed by atoms with E-state index in [4.69, 9.17) is 14.5 Å². The van der Waals surface area contributed by atoms with Gasteiger partial charge in [0.2, 0.25) is 35.4 Å². The third-order valence-corrected chi connectivity index (χ3v) is 19.3. The Bertz CT molecular complexity index is 3830. The number of hydrogen-bond acceptors (Lipinski definition) is 27. The number of nitrogens with zero attached hydrogens (tertiary/aromatic N) is 7. The van der Waals surface area contributed by atoms with E-state index in [1.54, 1.807) is 12.1 Å². The van der Waals surface area contributed by atoms with Crippen LogP contribution in [0.25, 0.3) is 26.8 Å². The molecule has 4 aliphatic heterocycles. The van der Waals surface area contributed by atoms with Gasteiger partial charge in [-0.25, -0.2) is 9.94 Å². The number of aromatic nitrogens is 4. The zero-order chi connectivity index (χ0) is 71.5. The van der Waals surface area contributed by atoms with E-state index < -0.39 is 184 Å². The molecule has 6 heterocycles. The Morgan fingerprint density at radius 2 is 1.43 bits per heavy atom. The minimum atomic E-state index is -2.17. The molecule has 3 saturated heterocycles. The van der Waals surface area contributed by atoms with Crippen LogP contribution in [0.2, 0.25) is 0 Å². The van der Waals surface area contributed by atoms with Crippen molar-refractivity contribution >= 4 is 70.7 Å². The molecule has 4 aliphatic rings. The SMILES string of the molecule is C[C@@H](O)[C@@H]1NC(=O)[C@@H](NC(=O)c2ccc(-c3nnc(-c4ccc(N5CCc6nn(-c7ccccc7)cc6C5)cc4)s3)cc2)C[C@@H](O)CNC(=O)[C@@H]2[C@@H](O)[C@@H](C)CN2C(=O)[C@H]([C@H](O)CCNC(CO)CO)NC(=O)[C@H]([C@H](O)Cc2ccc(O)c(OSOOO)c2)NC(=O)[C@@H]2C[C@@H](O)CN2C1=O. The van der Waals surface area contributed by atoms with Gasteiger partial charge in [-0.05, 0) is 86.1 Å². The highest BCUT2D eigenvalue weighted by Gasteiger charge is 2.50. The van der Waals surface area contributed by atoms with Crippen molar-refractivity contribution in [2.24, 2.45) is 5.92 Å². The molecule has 3 fully saturated rings. The molecule has 6 aromatic rings. The van der Waals surface area contributed by atoms with E-state index in [0.29, 0.717) is 22.1 Å². The summed E-state index contributed by atoms with van der Waals surface area (Å²) in [6.07, 6.45) is -9.86. The van der Waals surface area contributed by atoms with Crippen LogP contribution in [-0.2, 0) is 57.5 Å². The minimum absolute atomic E-state index is 0.00726. The first-order valence-electron chi connectivity index (χ1n) is 32.2. The third kappa shape index (κ3) is 17.7. The monoisotopic (exact) mass is 1430 g/mol. The number of amides is 7. The van der Waals surface area contributed by atoms with Crippen LogP contribution in [0.5, 0.6) is 11.5 Å². The van der Waals surface area contributed by atoms with Crippen LogP contribution in [-0.4, -0.2) is 247 Å². The first-order chi connectivity index (χ1) is 48.0. The fourth-order valence-corrected chi connectivity index (χ4v) is 13.5. The maximum Gasteiger partial charge on any atom is 0.261 e. The van der Waals surface area contributed by atoms with E-state index in [0.717, 1.165) is 70.0 Å². The topological polar surface area (TPSA) is 475 Å². The lowest BCUT2D eigenvalue weighted by atomic mass is 9.98. The zero-order valence-corrected chi connectivity index (χ0v) is 55.7. The second kappa shape index (κ2) is 33.6. The van der Waals surface area contributed by atoms with Crippen molar-refractivity contribution in [3.8, 4) is 38.3 Å². The Hall–Kier alpha value is -8.79. The molecule has 0 bridgehead atoms. The molecule has 16 N–H and O–H groups in total. The number of aliphatic hydroxyl groups is 8. The van der Waals surface area contributed by atoms with Crippen LogP contribution in [0, 0.1) is 5.92 Å². The van der Waals surface area contributed by atoms with Crippen molar-refractivity contribution in [3.63, 3.8) is 0 Å². The second-order valence-electron chi connectivity index (χ2n) is 25.0. The molecule has 33 nitrogen and oxygen atoms in total. The molecule has 0 radical (unpaired) electrons. The summed E-state index contributed by atoms with van der Waals surface area (Å²) in [6, 6.07) is 15.2. The summed E-state index contributed by atoms with van der Waals surface area (Å²) in [5.74, 6) is -9.65. The summed E-state index contributed by atoms with van der Waals surface area (Å²) in [5, 5.41) is 141. The largest absolute Gasteiger partial charge is 0.504 e. The Balaban J connectivity index is 0.898. The predicted molar refractivity (Wildman–Crippen MR) is 356 cm³/mol. The summed E-state index contributed by atoms with van der Waals surface area (Å²) in [6.45, 7) is 1.13. The Morgan fingerprint density at radius 3 is 2.11 bits per heavy atom. The average molecular weight is 1430 g/mol. The molecule has 2 aromatic heterocycles. The minimum Gasteiger partial charge on any atom is -0.504 e. The van der Waals surface area contributed by atoms with E-state index in [9.17, 15) is 74.7 Å². The highest BCUT2D eigenvalue weighted by atomic mass is 32.2. The van der Waals surface area contributed by atoms with Gasteiger partial charge < -0.3 is 96.7 Å². The number of benzene rings is 4. The third-order valence-electron chi connectivity index (χ3n) is 17.9. The number of rotatable bonds is 21. The number of phenolic OH excluding ortho intramolecular Hbond substituents is 1. The number of anilines is 1. The van der Waals surface area contributed by atoms with Gasteiger partial charge in [-0.3, -0.25) is 33.6 Å². The molecule has 100 heavy (non-hydrogen) atoms. The molecule has 10 rings (SSSR count). The van der Waals surface area contributed by atoms with Gasteiger partial charge in [-0.15, -0.1) is 10.2 Å². The van der Waals surface area contributed by atoms with Crippen molar-refractivity contribution < 1.29 is 98.3 Å². The van der Waals surface area contributed by atoms with Crippen molar-refractivity contribution in [3.05, 3.63) is 126 Å². The van der Waals surface area contributed by atoms with Crippen LogP contribution >= 0.6 is 23.7 Å².